The molecule has 3 heterocycles. The van der Waals surface area contributed by atoms with Gasteiger partial charge in [0.25, 0.3) is 15.6 Å². The second kappa shape index (κ2) is 9.62. The predicted octanol–water partition coefficient (Wildman–Crippen LogP) is 3.12. The van der Waals surface area contributed by atoms with E-state index in [1.54, 1.807) is 6.92 Å². The monoisotopic (exact) mass is 509 g/mol. The van der Waals surface area contributed by atoms with Gasteiger partial charge < -0.3 is 0 Å². The third-order valence-electron chi connectivity index (χ3n) is 6.35. The van der Waals surface area contributed by atoms with Crippen LogP contribution in [-0.2, 0) is 16.4 Å². The summed E-state index contributed by atoms with van der Waals surface area (Å²) < 4.78 is 29.7. The van der Waals surface area contributed by atoms with Crippen LogP contribution < -0.4 is 5.56 Å². The highest BCUT2D eigenvalue weighted by Gasteiger charge is 2.35. The van der Waals surface area contributed by atoms with Crippen LogP contribution in [0.5, 0.6) is 0 Å². The molecule has 1 aliphatic heterocycles. The van der Waals surface area contributed by atoms with Crippen molar-refractivity contribution in [2.75, 3.05) is 26.2 Å². The average molecular weight is 510 g/mol. The number of hydrogen-bond donors (Lipinski definition) is 0. The first-order valence-electron chi connectivity index (χ1n) is 11.6. The van der Waals surface area contributed by atoms with E-state index >= 15 is 0 Å². The van der Waals surface area contributed by atoms with Gasteiger partial charge in [-0.3, -0.25) is 9.69 Å². The minimum absolute atomic E-state index is 0.0232. The van der Waals surface area contributed by atoms with Crippen molar-refractivity contribution in [2.45, 2.75) is 31.2 Å². The van der Waals surface area contributed by atoms with Crippen LogP contribution in [0.15, 0.2) is 70.4 Å². The third kappa shape index (κ3) is 4.42. The summed E-state index contributed by atoms with van der Waals surface area (Å²) in [6, 6.07) is 20.5. The molecule has 0 spiro atoms. The van der Waals surface area contributed by atoms with Gasteiger partial charge in [-0.1, -0.05) is 78.9 Å². The highest BCUT2D eigenvalue weighted by Crippen LogP contribution is 2.30. The topological polar surface area (TPSA) is 87.9 Å². The molecule has 1 fully saturated rings. The quantitative estimate of drug-likeness (QED) is 0.397. The molecule has 35 heavy (non-hydrogen) atoms. The molecule has 5 rings (SSSR count). The van der Waals surface area contributed by atoms with Crippen LogP contribution in [0.25, 0.3) is 4.96 Å². The molecule has 0 radical (unpaired) electrons. The summed E-state index contributed by atoms with van der Waals surface area (Å²) in [6.45, 7) is 5.18. The summed E-state index contributed by atoms with van der Waals surface area (Å²) in [5.74, 6) is 0. The van der Waals surface area contributed by atoms with Crippen molar-refractivity contribution in [3.05, 3.63) is 92.8 Å². The number of piperazine rings is 1. The minimum atomic E-state index is -4.02. The maximum absolute atomic E-state index is 13.6. The number of aryl methyl sites for hydroxylation is 2. The van der Waals surface area contributed by atoms with Crippen LogP contribution in [0.3, 0.4) is 0 Å². The third-order valence-corrected chi connectivity index (χ3v) is 9.43. The van der Waals surface area contributed by atoms with E-state index in [2.05, 4.69) is 39.2 Å². The lowest BCUT2D eigenvalue weighted by atomic mass is 9.96. The lowest BCUT2D eigenvalue weighted by Crippen LogP contribution is -2.50. The van der Waals surface area contributed by atoms with Crippen molar-refractivity contribution in [2.24, 2.45) is 0 Å². The summed E-state index contributed by atoms with van der Waals surface area (Å²) in [7, 11) is -4.02. The Labute approximate surface area is 208 Å². The van der Waals surface area contributed by atoms with E-state index in [4.69, 9.17) is 0 Å². The Morgan fingerprint density at radius 3 is 2.06 bits per heavy atom. The fourth-order valence-electron chi connectivity index (χ4n) is 4.63. The van der Waals surface area contributed by atoms with Crippen molar-refractivity contribution >= 4 is 26.3 Å². The van der Waals surface area contributed by atoms with E-state index in [1.165, 1.54) is 15.6 Å². The maximum Gasteiger partial charge on any atom is 0.295 e. The lowest BCUT2D eigenvalue weighted by Gasteiger charge is -2.39. The lowest BCUT2D eigenvalue weighted by molar-refractivity contribution is 0.155. The fourth-order valence-corrected chi connectivity index (χ4v) is 7.13. The van der Waals surface area contributed by atoms with E-state index in [9.17, 15) is 13.2 Å². The Kier molecular flexibility index (Phi) is 6.54. The Balaban J connectivity index is 1.43. The molecule has 182 valence electrons. The van der Waals surface area contributed by atoms with Gasteiger partial charge in [-0.2, -0.15) is 13.9 Å². The van der Waals surface area contributed by atoms with Gasteiger partial charge in [0.05, 0.1) is 11.7 Å². The molecule has 2 aromatic carbocycles. The second-order valence-corrected chi connectivity index (χ2v) is 11.5. The molecule has 4 aromatic rings. The summed E-state index contributed by atoms with van der Waals surface area (Å²) in [6.07, 6.45) is 0.653. The Bertz CT molecular complexity index is 1450. The molecule has 0 bridgehead atoms. The van der Waals surface area contributed by atoms with Gasteiger partial charge in [0.1, 0.15) is 5.01 Å². The molecule has 2 aromatic heterocycles. The number of sulfonamides is 1. The molecule has 8 nitrogen and oxygen atoms in total. The first kappa shape index (κ1) is 23.8. The Hall–Kier alpha value is -2.92. The summed E-state index contributed by atoms with van der Waals surface area (Å²) in [4.78, 5) is 20.0. The van der Waals surface area contributed by atoms with Crippen LogP contribution in [0.4, 0.5) is 0 Å². The number of fused-ring (bicyclic) bond motifs is 1. The van der Waals surface area contributed by atoms with Crippen molar-refractivity contribution in [3.8, 4) is 0 Å². The van der Waals surface area contributed by atoms with E-state index in [1.807, 2.05) is 43.3 Å². The predicted molar refractivity (Wildman–Crippen MR) is 136 cm³/mol. The summed E-state index contributed by atoms with van der Waals surface area (Å²) in [5, 5.41) is 5.00. The number of rotatable bonds is 6. The Morgan fingerprint density at radius 1 is 0.943 bits per heavy atom. The van der Waals surface area contributed by atoms with E-state index in [0.717, 1.165) is 20.6 Å². The fraction of sp³-hybridized carbons (Fsp3) is 0.320. The van der Waals surface area contributed by atoms with Crippen LogP contribution in [0, 0.1) is 6.92 Å². The van der Waals surface area contributed by atoms with Crippen LogP contribution >= 0.6 is 11.3 Å². The zero-order valence-corrected chi connectivity index (χ0v) is 21.3. The number of hydrogen-bond acceptors (Lipinski definition) is 7. The van der Waals surface area contributed by atoms with Gasteiger partial charge in [-0.15, -0.1) is 0 Å². The van der Waals surface area contributed by atoms with Gasteiger partial charge in [-0.25, -0.2) is 13.4 Å². The molecule has 10 heteroatoms. The van der Waals surface area contributed by atoms with Crippen molar-refractivity contribution < 1.29 is 8.42 Å². The second-order valence-electron chi connectivity index (χ2n) is 8.54. The molecule has 0 saturated carbocycles. The normalized spacial score (nSPS) is 15.7. The molecule has 1 saturated heterocycles. The smallest absolute Gasteiger partial charge is 0.290 e. The maximum atomic E-state index is 13.6. The highest BCUT2D eigenvalue weighted by molar-refractivity contribution is 7.89. The molecular formula is C25H27N5O3S2. The van der Waals surface area contributed by atoms with Crippen molar-refractivity contribution in [1.82, 2.24) is 23.8 Å². The van der Waals surface area contributed by atoms with Crippen molar-refractivity contribution in [3.63, 3.8) is 0 Å². The van der Waals surface area contributed by atoms with Crippen molar-refractivity contribution in [1.29, 1.82) is 0 Å². The summed E-state index contributed by atoms with van der Waals surface area (Å²) >= 11 is 1.31. The SMILES string of the molecule is CCc1nn2c(=O)c(S(=O)(=O)N3CCN(C(c4ccccc4)c4ccccc4)CC3)c(C)nc2s1. The molecular weight excluding hydrogens is 482 g/mol. The van der Waals surface area contributed by atoms with Crippen LogP contribution in [-0.4, -0.2) is 58.4 Å². The average Bonchev–Trinajstić information content (AvgIpc) is 3.29. The van der Waals surface area contributed by atoms with E-state index < -0.39 is 15.6 Å². The van der Waals surface area contributed by atoms with Crippen LogP contribution in [0.2, 0.25) is 0 Å². The van der Waals surface area contributed by atoms with Crippen LogP contribution in [0.1, 0.15) is 34.8 Å². The van der Waals surface area contributed by atoms with Gasteiger partial charge >= 0.3 is 0 Å². The minimum Gasteiger partial charge on any atom is -0.290 e. The van der Waals surface area contributed by atoms with Gasteiger partial charge in [0.15, 0.2) is 4.90 Å². The number of nitrogens with zero attached hydrogens (tertiary/aromatic N) is 5. The zero-order valence-electron chi connectivity index (χ0n) is 19.7. The first-order valence-corrected chi connectivity index (χ1v) is 13.9. The number of aromatic nitrogens is 3. The standard InChI is InChI=1S/C25H27N5O3S2/c1-3-21-27-30-24(31)23(18(2)26-25(30)34-21)35(32,33)29-16-14-28(15-17-29)22(19-10-6-4-7-11-19)20-12-8-5-9-13-20/h4-13,22H,3,14-17H2,1-2H3. The molecule has 0 aliphatic carbocycles. The van der Waals surface area contributed by atoms with Gasteiger partial charge in [0, 0.05) is 26.2 Å². The van der Waals surface area contributed by atoms with E-state index in [-0.39, 0.29) is 29.7 Å². The number of benzene rings is 2. The van der Waals surface area contributed by atoms with E-state index in [0.29, 0.717) is 24.5 Å². The molecule has 0 atom stereocenters. The Morgan fingerprint density at radius 2 is 1.51 bits per heavy atom. The molecule has 0 amide bonds. The van der Waals surface area contributed by atoms with Gasteiger partial charge in [0.2, 0.25) is 4.96 Å². The molecule has 1 aliphatic rings. The largest absolute Gasteiger partial charge is 0.295 e. The zero-order chi connectivity index (χ0) is 24.6. The van der Waals surface area contributed by atoms with Gasteiger partial charge in [-0.05, 0) is 24.5 Å². The molecule has 0 N–H and O–H groups in total. The molecule has 0 unspecified atom stereocenters. The summed E-state index contributed by atoms with van der Waals surface area (Å²) in [5.41, 5.74) is 1.91. The highest BCUT2D eigenvalue weighted by atomic mass is 32.2. The first-order chi connectivity index (χ1) is 16.9.